The van der Waals surface area contributed by atoms with E-state index in [0.29, 0.717) is 34.7 Å². The number of ether oxygens (including phenoxy) is 1. The highest BCUT2D eigenvalue weighted by molar-refractivity contribution is 6.31. The van der Waals surface area contributed by atoms with E-state index in [-0.39, 0.29) is 16.9 Å². The molecule has 0 atom stereocenters. The first-order chi connectivity index (χ1) is 16.3. The van der Waals surface area contributed by atoms with Crippen molar-refractivity contribution in [3.8, 4) is 5.69 Å². The van der Waals surface area contributed by atoms with Gasteiger partial charge in [-0.3, -0.25) is 9.59 Å². The number of nitrogens with zero attached hydrogens (tertiary/aromatic N) is 2. The zero-order valence-electron chi connectivity index (χ0n) is 18.5. The van der Waals surface area contributed by atoms with E-state index in [2.05, 4.69) is 15.7 Å². The molecule has 2 amide bonds. The molecule has 0 unspecified atom stereocenters. The fourth-order valence-corrected chi connectivity index (χ4v) is 3.32. The molecule has 0 bridgehead atoms. The lowest BCUT2D eigenvalue weighted by Gasteiger charge is -2.07. The molecule has 1 aromatic heterocycles. The van der Waals surface area contributed by atoms with Crippen molar-refractivity contribution in [2.24, 2.45) is 0 Å². The maximum absolute atomic E-state index is 13.2. The topological polar surface area (TPSA) is 102 Å². The van der Waals surface area contributed by atoms with Gasteiger partial charge < -0.3 is 15.4 Å². The second-order valence-corrected chi connectivity index (χ2v) is 7.47. The Labute approximate surface area is 200 Å². The molecule has 0 saturated carbocycles. The van der Waals surface area contributed by atoms with Crippen LogP contribution >= 0.6 is 11.6 Å². The van der Waals surface area contributed by atoms with Gasteiger partial charge in [0.1, 0.15) is 11.0 Å². The lowest BCUT2D eigenvalue weighted by molar-refractivity contribution is -0.142. The van der Waals surface area contributed by atoms with E-state index in [1.807, 2.05) is 0 Å². The molecule has 10 heteroatoms. The van der Waals surface area contributed by atoms with Crippen molar-refractivity contribution >= 4 is 41.1 Å². The number of benzene rings is 2. The van der Waals surface area contributed by atoms with Crippen molar-refractivity contribution in [3.63, 3.8) is 0 Å². The standard InChI is InChI=1S/C24H22ClFN4O4/c1-3-27-24(33)16-5-4-6-18(13-16)28-21(31)14-34-22(32)12-11-20-15(2)29-30(23(20)25)19-9-7-17(26)8-10-19/h4-13H,3,14H2,1-2H3,(H,27,33)(H,28,31)/b12-11+. The summed E-state index contributed by atoms with van der Waals surface area (Å²) in [6.07, 6.45) is 2.56. The summed E-state index contributed by atoms with van der Waals surface area (Å²) >= 11 is 6.37. The van der Waals surface area contributed by atoms with Crippen LogP contribution in [0.3, 0.4) is 0 Å². The van der Waals surface area contributed by atoms with E-state index in [9.17, 15) is 18.8 Å². The summed E-state index contributed by atoms with van der Waals surface area (Å²) < 4.78 is 19.5. The molecule has 0 aliphatic carbocycles. The molecular formula is C24H22ClFN4O4. The molecule has 3 rings (SSSR count). The maximum atomic E-state index is 13.2. The molecule has 2 aromatic carbocycles. The van der Waals surface area contributed by atoms with E-state index >= 15 is 0 Å². The van der Waals surface area contributed by atoms with Gasteiger partial charge in [0.2, 0.25) is 0 Å². The summed E-state index contributed by atoms with van der Waals surface area (Å²) in [4.78, 5) is 36.1. The summed E-state index contributed by atoms with van der Waals surface area (Å²) in [5.74, 6) is -1.96. The van der Waals surface area contributed by atoms with Crippen LogP contribution in [0, 0.1) is 12.7 Å². The Hall–Kier alpha value is -3.98. The molecule has 1 heterocycles. The second kappa shape index (κ2) is 11.2. The van der Waals surface area contributed by atoms with Crippen molar-refractivity contribution in [1.29, 1.82) is 0 Å². The molecular weight excluding hydrogens is 463 g/mol. The molecule has 34 heavy (non-hydrogen) atoms. The number of hydrogen-bond acceptors (Lipinski definition) is 5. The van der Waals surface area contributed by atoms with Crippen molar-refractivity contribution < 1.29 is 23.5 Å². The quantitative estimate of drug-likeness (QED) is 0.372. The number of carbonyl (C=O) groups excluding carboxylic acids is 3. The minimum atomic E-state index is -0.753. The number of carbonyl (C=O) groups is 3. The Morgan fingerprint density at radius 3 is 2.62 bits per heavy atom. The van der Waals surface area contributed by atoms with Crippen molar-refractivity contribution in [2.75, 3.05) is 18.5 Å². The van der Waals surface area contributed by atoms with Gasteiger partial charge in [0.15, 0.2) is 6.61 Å². The number of anilines is 1. The van der Waals surface area contributed by atoms with Crippen LogP contribution in [-0.2, 0) is 14.3 Å². The first-order valence-corrected chi connectivity index (χ1v) is 10.7. The lowest BCUT2D eigenvalue weighted by Crippen LogP contribution is -2.23. The minimum absolute atomic E-state index is 0.234. The molecule has 0 radical (unpaired) electrons. The maximum Gasteiger partial charge on any atom is 0.331 e. The van der Waals surface area contributed by atoms with Crippen LogP contribution in [0.5, 0.6) is 0 Å². The SMILES string of the molecule is CCNC(=O)c1cccc(NC(=O)COC(=O)/C=C/c2c(C)nn(-c3ccc(F)cc3)c2Cl)c1. The first kappa shape index (κ1) is 24.7. The highest BCUT2D eigenvalue weighted by Crippen LogP contribution is 2.25. The van der Waals surface area contributed by atoms with Gasteiger partial charge >= 0.3 is 5.97 Å². The third kappa shape index (κ3) is 6.29. The smallest absolute Gasteiger partial charge is 0.331 e. The molecule has 0 aliphatic rings. The number of aryl methyl sites for hydroxylation is 1. The van der Waals surface area contributed by atoms with Crippen molar-refractivity contribution in [3.05, 3.63) is 82.4 Å². The molecule has 8 nitrogen and oxygen atoms in total. The number of nitrogens with one attached hydrogen (secondary N) is 2. The molecule has 0 fully saturated rings. The third-order valence-electron chi connectivity index (χ3n) is 4.60. The Balaban J connectivity index is 1.58. The monoisotopic (exact) mass is 484 g/mol. The number of rotatable bonds is 8. The van der Waals surface area contributed by atoms with E-state index < -0.39 is 18.5 Å². The van der Waals surface area contributed by atoms with E-state index in [1.165, 1.54) is 41.1 Å². The predicted molar refractivity (Wildman–Crippen MR) is 126 cm³/mol. The largest absolute Gasteiger partial charge is 0.452 e. The molecule has 2 N–H and O–H groups in total. The number of hydrogen-bond donors (Lipinski definition) is 2. The van der Waals surface area contributed by atoms with E-state index in [1.54, 1.807) is 32.0 Å². The number of esters is 1. The fraction of sp³-hybridized carbons (Fsp3) is 0.167. The highest BCUT2D eigenvalue weighted by atomic mass is 35.5. The molecule has 0 saturated heterocycles. The van der Waals surface area contributed by atoms with Gasteiger partial charge in [0.05, 0.1) is 11.4 Å². The number of aromatic nitrogens is 2. The highest BCUT2D eigenvalue weighted by Gasteiger charge is 2.14. The van der Waals surface area contributed by atoms with Crippen LogP contribution in [0.4, 0.5) is 10.1 Å². The second-order valence-electron chi connectivity index (χ2n) is 7.11. The first-order valence-electron chi connectivity index (χ1n) is 10.3. The van der Waals surface area contributed by atoms with Crippen LogP contribution in [0.2, 0.25) is 5.15 Å². The normalized spacial score (nSPS) is 10.8. The Bertz CT molecular complexity index is 1240. The van der Waals surface area contributed by atoms with Crippen LogP contribution in [0.15, 0.2) is 54.6 Å². The summed E-state index contributed by atoms with van der Waals surface area (Å²) in [5, 5.41) is 9.78. The zero-order chi connectivity index (χ0) is 24.7. The van der Waals surface area contributed by atoms with Gasteiger partial charge in [-0.1, -0.05) is 17.7 Å². The number of halogens is 2. The van der Waals surface area contributed by atoms with Crippen LogP contribution in [0.25, 0.3) is 11.8 Å². The van der Waals surface area contributed by atoms with Gasteiger partial charge in [0, 0.05) is 29.4 Å². The number of amides is 2. The molecule has 0 spiro atoms. The van der Waals surface area contributed by atoms with Crippen LogP contribution in [0.1, 0.15) is 28.5 Å². The van der Waals surface area contributed by atoms with Crippen molar-refractivity contribution in [1.82, 2.24) is 15.1 Å². The third-order valence-corrected chi connectivity index (χ3v) is 4.96. The van der Waals surface area contributed by atoms with Crippen LogP contribution in [-0.4, -0.2) is 40.7 Å². The van der Waals surface area contributed by atoms with Gasteiger partial charge in [-0.05, 0) is 62.4 Å². The minimum Gasteiger partial charge on any atom is -0.452 e. The Kier molecular flexibility index (Phi) is 8.15. The average Bonchev–Trinajstić information content (AvgIpc) is 3.10. The Morgan fingerprint density at radius 1 is 1.18 bits per heavy atom. The Morgan fingerprint density at radius 2 is 1.91 bits per heavy atom. The molecule has 176 valence electrons. The predicted octanol–water partition coefficient (Wildman–Crippen LogP) is 3.92. The lowest BCUT2D eigenvalue weighted by atomic mass is 10.2. The summed E-state index contributed by atoms with van der Waals surface area (Å²) in [6, 6.07) is 12.0. The van der Waals surface area contributed by atoms with E-state index in [0.717, 1.165) is 6.08 Å². The zero-order valence-corrected chi connectivity index (χ0v) is 19.2. The average molecular weight is 485 g/mol. The van der Waals surface area contributed by atoms with E-state index in [4.69, 9.17) is 16.3 Å². The van der Waals surface area contributed by atoms with Gasteiger partial charge in [0.25, 0.3) is 11.8 Å². The van der Waals surface area contributed by atoms with Gasteiger partial charge in [-0.2, -0.15) is 5.10 Å². The fourth-order valence-electron chi connectivity index (χ4n) is 2.99. The summed E-state index contributed by atoms with van der Waals surface area (Å²) in [6.45, 7) is 3.48. The van der Waals surface area contributed by atoms with Gasteiger partial charge in [-0.25, -0.2) is 13.9 Å². The molecule has 3 aromatic rings. The summed E-state index contributed by atoms with van der Waals surface area (Å²) in [7, 11) is 0. The van der Waals surface area contributed by atoms with Gasteiger partial charge in [-0.15, -0.1) is 0 Å². The van der Waals surface area contributed by atoms with Crippen LogP contribution < -0.4 is 10.6 Å². The molecule has 0 aliphatic heterocycles. The summed E-state index contributed by atoms with van der Waals surface area (Å²) in [5.41, 5.74) is 2.38. The van der Waals surface area contributed by atoms with Crippen molar-refractivity contribution in [2.45, 2.75) is 13.8 Å².